The van der Waals surface area contributed by atoms with E-state index in [-0.39, 0.29) is 12.1 Å². The van der Waals surface area contributed by atoms with E-state index in [2.05, 4.69) is 24.3 Å². The lowest BCUT2D eigenvalue weighted by Crippen LogP contribution is -2.27. The van der Waals surface area contributed by atoms with Gasteiger partial charge in [-0.05, 0) is 38.6 Å². The Hall–Kier alpha value is -1.17. The topological polar surface area (TPSA) is 50.1 Å². The smallest absolute Gasteiger partial charge is 0.0896 e. The molecule has 0 aromatic carbocycles. The molecule has 2 heterocycles. The summed E-state index contributed by atoms with van der Waals surface area (Å²) in [7, 11) is 1.97. The SMILES string of the molecule is Cc1nn(C)c(C)c1CN[C@@H](C)C[C@@H](O)c1cccs1. The Balaban J connectivity index is 1.87. The van der Waals surface area contributed by atoms with Crippen LogP contribution in [-0.2, 0) is 13.6 Å². The first kappa shape index (κ1) is 15.2. The van der Waals surface area contributed by atoms with Gasteiger partial charge in [-0.1, -0.05) is 6.07 Å². The van der Waals surface area contributed by atoms with Crippen molar-refractivity contribution >= 4 is 11.3 Å². The number of hydrogen-bond donors (Lipinski definition) is 2. The molecule has 110 valence electrons. The molecule has 20 heavy (non-hydrogen) atoms. The van der Waals surface area contributed by atoms with E-state index in [1.54, 1.807) is 11.3 Å². The maximum Gasteiger partial charge on any atom is 0.0896 e. The van der Waals surface area contributed by atoms with Gasteiger partial charge in [0.2, 0.25) is 0 Å². The van der Waals surface area contributed by atoms with Crippen LogP contribution in [0.15, 0.2) is 17.5 Å². The third kappa shape index (κ3) is 3.48. The first-order valence-electron chi connectivity index (χ1n) is 6.93. The van der Waals surface area contributed by atoms with Gasteiger partial charge in [-0.15, -0.1) is 11.3 Å². The van der Waals surface area contributed by atoms with Crippen molar-refractivity contribution in [3.63, 3.8) is 0 Å². The van der Waals surface area contributed by atoms with Gasteiger partial charge in [0, 0.05) is 35.8 Å². The minimum atomic E-state index is -0.381. The number of nitrogens with one attached hydrogen (secondary N) is 1. The van der Waals surface area contributed by atoms with Crippen molar-refractivity contribution in [3.05, 3.63) is 39.3 Å². The van der Waals surface area contributed by atoms with Gasteiger partial charge in [0.25, 0.3) is 0 Å². The molecule has 0 aliphatic rings. The van der Waals surface area contributed by atoms with Crippen molar-refractivity contribution in [1.29, 1.82) is 0 Å². The minimum absolute atomic E-state index is 0.256. The molecule has 0 amide bonds. The van der Waals surface area contributed by atoms with Crippen LogP contribution in [0.5, 0.6) is 0 Å². The Labute approximate surface area is 124 Å². The molecule has 2 aromatic rings. The van der Waals surface area contributed by atoms with E-state index >= 15 is 0 Å². The molecule has 2 aromatic heterocycles. The Kier molecular flexibility index (Phi) is 4.96. The van der Waals surface area contributed by atoms with E-state index < -0.39 is 0 Å². The van der Waals surface area contributed by atoms with Crippen molar-refractivity contribution < 1.29 is 5.11 Å². The van der Waals surface area contributed by atoms with Crippen LogP contribution >= 0.6 is 11.3 Å². The molecule has 2 atom stereocenters. The Morgan fingerprint density at radius 2 is 2.20 bits per heavy atom. The summed E-state index contributed by atoms with van der Waals surface area (Å²) < 4.78 is 1.91. The lowest BCUT2D eigenvalue weighted by molar-refractivity contribution is 0.157. The highest BCUT2D eigenvalue weighted by atomic mass is 32.1. The average Bonchev–Trinajstić information content (AvgIpc) is 2.98. The van der Waals surface area contributed by atoms with Gasteiger partial charge in [-0.2, -0.15) is 5.10 Å². The fourth-order valence-corrected chi connectivity index (χ4v) is 3.09. The van der Waals surface area contributed by atoms with Crippen LogP contribution in [0.25, 0.3) is 0 Å². The Bertz CT molecular complexity index is 548. The number of hydrogen-bond acceptors (Lipinski definition) is 4. The van der Waals surface area contributed by atoms with E-state index in [1.165, 1.54) is 11.3 Å². The fraction of sp³-hybridized carbons (Fsp3) is 0.533. The van der Waals surface area contributed by atoms with Gasteiger partial charge in [-0.3, -0.25) is 4.68 Å². The Morgan fingerprint density at radius 1 is 1.45 bits per heavy atom. The van der Waals surface area contributed by atoms with Gasteiger partial charge >= 0.3 is 0 Å². The zero-order chi connectivity index (χ0) is 14.7. The third-order valence-electron chi connectivity index (χ3n) is 3.73. The molecule has 0 spiro atoms. The number of aryl methyl sites for hydroxylation is 2. The molecular formula is C15H23N3OS. The van der Waals surface area contributed by atoms with Crippen LogP contribution in [0, 0.1) is 13.8 Å². The molecule has 0 aliphatic heterocycles. The van der Waals surface area contributed by atoms with Crippen LogP contribution < -0.4 is 5.32 Å². The van der Waals surface area contributed by atoms with Gasteiger partial charge in [0.1, 0.15) is 0 Å². The highest BCUT2D eigenvalue weighted by molar-refractivity contribution is 7.10. The third-order valence-corrected chi connectivity index (χ3v) is 4.71. The summed E-state index contributed by atoms with van der Waals surface area (Å²) in [4.78, 5) is 1.03. The maximum atomic E-state index is 10.1. The number of rotatable bonds is 6. The lowest BCUT2D eigenvalue weighted by atomic mass is 10.1. The van der Waals surface area contributed by atoms with Gasteiger partial charge < -0.3 is 10.4 Å². The van der Waals surface area contributed by atoms with E-state index in [9.17, 15) is 5.11 Å². The summed E-state index contributed by atoms with van der Waals surface area (Å²) in [6, 6.07) is 4.22. The number of aliphatic hydroxyl groups excluding tert-OH is 1. The van der Waals surface area contributed by atoms with Gasteiger partial charge in [0.05, 0.1) is 11.8 Å². The second kappa shape index (κ2) is 6.52. The molecule has 0 saturated heterocycles. The minimum Gasteiger partial charge on any atom is -0.388 e. The van der Waals surface area contributed by atoms with Crippen LogP contribution in [0.1, 0.15) is 41.3 Å². The number of aromatic nitrogens is 2. The number of nitrogens with zero attached hydrogens (tertiary/aromatic N) is 2. The summed E-state index contributed by atoms with van der Waals surface area (Å²) in [6.07, 6.45) is 0.340. The maximum absolute atomic E-state index is 10.1. The molecule has 2 N–H and O–H groups in total. The summed E-state index contributed by atoms with van der Waals surface area (Å²) >= 11 is 1.60. The summed E-state index contributed by atoms with van der Waals surface area (Å²) in [6.45, 7) is 7.03. The fourth-order valence-electron chi connectivity index (χ4n) is 2.36. The van der Waals surface area contributed by atoms with Crippen molar-refractivity contribution in [1.82, 2.24) is 15.1 Å². The second-order valence-electron chi connectivity index (χ2n) is 5.32. The first-order chi connectivity index (χ1) is 9.49. The zero-order valence-electron chi connectivity index (χ0n) is 12.6. The van der Waals surface area contributed by atoms with E-state index in [0.717, 1.165) is 23.5 Å². The predicted molar refractivity (Wildman–Crippen MR) is 82.9 cm³/mol. The van der Waals surface area contributed by atoms with Gasteiger partial charge in [0.15, 0.2) is 0 Å². The monoisotopic (exact) mass is 293 g/mol. The van der Waals surface area contributed by atoms with Crippen molar-refractivity contribution in [3.8, 4) is 0 Å². The van der Waals surface area contributed by atoms with Crippen molar-refractivity contribution in [2.75, 3.05) is 0 Å². The number of thiophene rings is 1. The van der Waals surface area contributed by atoms with Gasteiger partial charge in [-0.25, -0.2) is 0 Å². The van der Waals surface area contributed by atoms with Crippen LogP contribution in [0.4, 0.5) is 0 Å². The highest BCUT2D eigenvalue weighted by Crippen LogP contribution is 2.23. The summed E-state index contributed by atoms with van der Waals surface area (Å²) in [5.41, 5.74) is 3.52. The first-order valence-corrected chi connectivity index (χ1v) is 7.81. The normalized spacial score (nSPS) is 14.4. The quantitative estimate of drug-likeness (QED) is 0.861. The van der Waals surface area contributed by atoms with E-state index in [1.807, 2.05) is 36.2 Å². The Morgan fingerprint density at radius 3 is 2.75 bits per heavy atom. The molecule has 0 unspecified atom stereocenters. The molecule has 0 radical (unpaired) electrons. The predicted octanol–water partition coefficient (Wildman–Crippen LogP) is 2.70. The van der Waals surface area contributed by atoms with Crippen molar-refractivity contribution in [2.45, 2.75) is 45.9 Å². The largest absolute Gasteiger partial charge is 0.388 e. The molecule has 0 aliphatic carbocycles. The average molecular weight is 293 g/mol. The molecule has 0 bridgehead atoms. The van der Waals surface area contributed by atoms with Crippen LogP contribution in [0.3, 0.4) is 0 Å². The highest BCUT2D eigenvalue weighted by Gasteiger charge is 2.15. The molecule has 0 fully saturated rings. The standard InChI is InChI=1S/C15H23N3OS/c1-10(8-14(19)15-6-5-7-20-15)16-9-13-11(2)17-18(4)12(13)3/h5-7,10,14,16,19H,8-9H2,1-4H3/t10-,14+/m0/s1. The molecule has 0 saturated carbocycles. The molecule has 5 heteroatoms. The summed E-state index contributed by atoms with van der Waals surface area (Å²) in [5, 5.41) is 20.0. The molecule has 2 rings (SSSR count). The molecular weight excluding hydrogens is 270 g/mol. The van der Waals surface area contributed by atoms with Crippen molar-refractivity contribution in [2.24, 2.45) is 7.05 Å². The van der Waals surface area contributed by atoms with E-state index in [4.69, 9.17) is 0 Å². The van der Waals surface area contributed by atoms with Crippen LogP contribution in [0.2, 0.25) is 0 Å². The van der Waals surface area contributed by atoms with E-state index in [0.29, 0.717) is 0 Å². The number of aliphatic hydroxyl groups is 1. The molecule has 4 nitrogen and oxygen atoms in total. The zero-order valence-corrected chi connectivity index (χ0v) is 13.4. The second-order valence-corrected chi connectivity index (χ2v) is 6.30. The summed E-state index contributed by atoms with van der Waals surface area (Å²) in [5.74, 6) is 0. The lowest BCUT2D eigenvalue weighted by Gasteiger charge is -2.17. The van der Waals surface area contributed by atoms with Crippen LogP contribution in [-0.4, -0.2) is 20.9 Å².